The zero-order valence-electron chi connectivity index (χ0n) is 10.8. The molecule has 2 rings (SSSR count). The molecule has 0 aromatic carbocycles. The maximum absolute atomic E-state index is 6.35. The van der Waals surface area contributed by atoms with Crippen molar-refractivity contribution in [1.82, 2.24) is 4.98 Å². The fourth-order valence-electron chi connectivity index (χ4n) is 2.51. The second kappa shape index (κ2) is 5.29. The molecule has 1 saturated carbocycles. The van der Waals surface area contributed by atoms with E-state index in [4.69, 9.17) is 5.73 Å². The van der Waals surface area contributed by atoms with Gasteiger partial charge in [-0.2, -0.15) is 0 Å². The van der Waals surface area contributed by atoms with Crippen molar-refractivity contribution in [2.45, 2.75) is 43.0 Å². The van der Waals surface area contributed by atoms with Crippen molar-refractivity contribution in [3.8, 4) is 0 Å². The van der Waals surface area contributed by atoms with Crippen LogP contribution in [-0.2, 0) is 6.42 Å². The Morgan fingerprint density at radius 3 is 3.06 bits per heavy atom. The fourth-order valence-corrected chi connectivity index (χ4v) is 2.74. The van der Waals surface area contributed by atoms with Gasteiger partial charge >= 0.3 is 0 Å². The van der Waals surface area contributed by atoms with E-state index in [2.05, 4.69) is 37.2 Å². The number of thiol groups is 1. The van der Waals surface area contributed by atoms with Gasteiger partial charge in [0.25, 0.3) is 0 Å². The van der Waals surface area contributed by atoms with Gasteiger partial charge in [0, 0.05) is 23.1 Å². The molecule has 1 aliphatic rings. The number of nitrogens with two attached hydrogens (primary N) is 1. The van der Waals surface area contributed by atoms with Crippen LogP contribution in [0.3, 0.4) is 0 Å². The smallest absolute Gasteiger partial charge is 0.0574 e. The molecule has 3 heteroatoms. The Morgan fingerprint density at radius 1 is 1.61 bits per heavy atom. The minimum Gasteiger partial charge on any atom is -0.322 e. The molecule has 1 atom stereocenters. The number of hydrogen-bond donors (Lipinski definition) is 2. The average Bonchev–Trinajstić information content (AvgIpc) is 2.30. The third-order valence-electron chi connectivity index (χ3n) is 3.54. The van der Waals surface area contributed by atoms with Crippen molar-refractivity contribution >= 4 is 12.6 Å². The fraction of sp³-hybridized carbons (Fsp3) is 0.400. The number of allylic oxidation sites excluding steroid dienone is 1. The second-order valence-electron chi connectivity index (χ2n) is 5.17. The van der Waals surface area contributed by atoms with Gasteiger partial charge in [-0.3, -0.25) is 4.98 Å². The monoisotopic (exact) mass is 260 g/mol. The highest BCUT2D eigenvalue weighted by Gasteiger charge is 2.29. The van der Waals surface area contributed by atoms with E-state index >= 15 is 0 Å². The van der Waals surface area contributed by atoms with Gasteiger partial charge in [-0.25, -0.2) is 0 Å². The molecule has 0 bridgehead atoms. The molecule has 1 aromatic rings. The van der Waals surface area contributed by atoms with Crippen LogP contribution >= 0.6 is 12.6 Å². The van der Waals surface area contributed by atoms with Gasteiger partial charge in [-0.15, -0.1) is 12.6 Å². The van der Waals surface area contributed by atoms with Crippen molar-refractivity contribution in [3.63, 3.8) is 0 Å². The van der Waals surface area contributed by atoms with Crippen molar-refractivity contribution < 1.29 is 0 Å². The number of hydrogen-bond acceptors (Lipinski definition) is 3. The van der Waals surface area contributed by atoms with Gasteiger partial charge in [0.15, 0.2) is 0 Å². The Hall–Kier alpha value is -1.06. The van der Waals surface area contributed by atoms with Gasteiger partial charge in [0.05, 0.1) is 5.69 Å². The summed E-state index contributed by atoms with van der Waals surface area (Å²) in [6.07, 6.45) is 7.93. The molecule has 18 heavy (non-hydrogen) atoms. The molecular formula is C15H20N2S. The van der Waals surface area contributed by atoms with Crippen LogP contribution < -0.4 is 5.73 Å². The first-order valence-electron chi connectivity index (χ1n) is 6.31. The summed E-state index contributed by atoms with van der Waals surface area (Å²) in [6, 6.07) is 3.85. The standard InChI is InChI=1S/C15H20N2S/c1-11-5-3-9-15(2,16)12(11)7-8-13-14(18)6-4-10-17-13/h4,6-7,10,18H,1,3,5,8-9,16H2,2H3/b12-7+. The van der Waals surface area contributed by atoms with Crippen LogP contribution in [0.5, 0.6) is 0 Å². The van der Waals surface area contributed by atoms with E-state index in [0.29, 0.717) is 0 Å². The molecule has 1 aromatic heterocycles. The molecular weight excluding hydrogens is 240 g/mol. The number of nitrogens with zero attached hydrogens (tertiary/aromatic N) is 1. The summed E-state index contributed by atoms with van der Waals surface area (Å²) in [5, 5.41) is 0. The summed E-state index contributed by atoms with van der Waals surface area (Å²) >= 11 is 4.42. The second-order valence-corrected chi connectivity index (χ2v) is 5.65. The first-order chi connectivity index (χ1) is 8.50. The molecule has 1 heterocycles. The van der Waals surface area contributed by atoms with Gasteiger partial charge < -0.3 is 5.73 Å². The molecule has 1 fully saturated rings. The van der Waals surface area contributed by atoms with Gasteiger partial charge in [-0.05, 0) is 43.9 Å². The lowest BCUT2D eigenvalue weighted by atomic mass is 9.76. The van der Waals surface area contributed by atoms with E-state index in [1.54, 1.807) is 6.20 Å². The molecule has 2 nitrogen and oxygen atoms in total. The molecule has 1 aliphatic carbocycles. The van der Waals surface area contributed by atoms with Crippen molar-refractivity contribution in [2.75, 3.05) is 0 Å². The molecule has 0 amide bonds. The van der Waals surface area contributed by atoms with Crippen molar-refractivity contribution in [2.24, 2.45) is 5.73 Å². The summed E-state index contributed by atoms with van der Waals surface area (Å²) in [6.45, 7) is 6.22. The van der Waals surface area contributed by atoms with Gasteiger partial charge in [0.1, 0.15) is 0 Å². The molecule has 0 spiro atoms. The Kier molecular flexibility index (Phi) is 3.93. The highest BCUT2D eigenvalue weighted by atomic mass is 32.1. The first kappa shape index (κ1) is 13.4. The van der Waals surface area contributed by atoms with Crippen LogP contribution in [-0.4, -0.2) is 10.5 Å². The summed E-state index contributed by atoms with van der Waals surface area (Å²) in [5.74, 6) is 0. The topological polar surface area (TPSA) is 38.9 Å². The van der Waals surface area contributed by atoms with E-state index in [1.807, 2.05) is 12.1 Å². The number of aromatic nitrogens is 1. The van der Waals surface area contributed by atoms with E-state index < -0.39 is 0 Å². The zero-order chi connectivity index (χ0) is 13.2. The van der Waals surface area contributed by atoms with Crippen molar-refractivity contribution in [3.05, 3.63) is 47.8 Å². The molecule has 96 valence electrons. The zero-order valence-corrected chi connectivity index (χ0v) is 11.7. The Morgan fingerprint density at radius 2 is 2.39 bits per heavy atom. The van der Waals surface area contributed by atoms with E-state index in [9.17, 15) is 0 Å². The largest absolute Gasteiger partial charge is 0.322 e. The van der Waals surface area contributed by atoms with Crippen LogP contribution in [0.15, 0.2) is 47.0 Å². The van der Waals surface area contributed by atoms with Crippen LogP contribution in [0.1, 0.15) is 31.9 Å². The third kappa shape index (κ3) is 2.85. The summed E-state index contributed by atoms with van der Waals surface area (Å²) in [7, 11) is 0. The molecule has 0 radical (unpaired) electrons. The highest BCUT2D eigenvalue weighted by molar-refractivity contribution is 7.80. The Bertz CT molecular complexity index is 489. The Balaban J connectivity index is 2.22. The first-order valence-corrected chi connectivity index (χ1v) is 6.76. The summed E-state index contributed by atoms with van der Waals surface area (Å²) < 4.78 is 0. The van der Waals surface area contributed by atoms with Crippen LogP contribution in [0.25, 0.3) is 0 Å². The normalized spacial score (nSPS) is 26.6. The maximum Gasteiger partial charge on any atom is 0.0574 e. The van der Waals surface area contributed by atoms with Crippen LogP contribution in [0.2, 0.25) is 0 Å². The number of rotatable bonds is 2. The average molecular weight is 260 g/mol. The maximum atomic E-state index is 6.35. The van der Waals surface area contributed by atoms with E-state index in [-0.39, 0.29) is 5.54 Å². The molecule has 0 saturated heterocycles. The lowest BCUT2D eigenvalue weighted by Crippen LogP contribution is -2.41. The Labute approximate surface area is 114 Å². The number of pyridine rings is 1. The van der Waals surface area contributed by atoms with Crippen LogP contribution in [0, 0.1) is 0 Å². The lowest BCUT2D eigenvalue weighted by molar-refractivity contribution is 0.454. The molecule has 2 N–H and O–H groups in total. The van der Waals surface area contributed by atoms with Gasteiger partial charge in [-0.1, -0.05) is 18.2 Å². The van der Waals surface area contributed by atoms with Crippen LogP contribution in [0.4, 0.5) is 0 Å². The quantitative estimate of drug-likeness (QED) is 0.801. The molecule has 0 aliphatic heterocycles. The van der Waals surface area contributed by atoms with Gasteiger partial charge in [0.2, 0.25) is 0 Å². The highest BCUT2D eigenvalue weighted by Crippen LogP contribution is 2.34. The minimum atomic E-state index is -0.249. The van der Waals surface area contributed by atoms with Crippen molar-refractivity contribution in [1.29, 1.82) is 0 Å². The lowest BCUT2D eigenvalue weighted by Gasteiger charge is -2.34. The molecule has 1 unspecified atom stereocenters. The van der Waals surface area contributed by atoms with E-state index in [1.165, 1.54) is 11.1 Å². The van der Waals surface area contributed by atoms with E-state index in [0.717, 1.165) is 36.3 Å². The summed E-state index contributed by atoms with van der Waals surface area (Å²) in [5.41, 5.74) is 9.44. The predicted octanol–water partition coefficient (Wildman–Crippen LogP) is 3.30. The predicted molar refractivity (Wildman–Crippen MR) is 78.9 cm³/mol. The minimum absolute atomic E-state index is 0.249. The SMILES string of the molecule is C=C1CCCC(C)(N)/C1=C/Cc1ncccc1S. The third-order valence-corrected chi connectivity index (χ3v) is 3.94. The summed E-state index contributed by atoms with van der Waals surface area (Å²) in [4.78, 5) is 5.27.